The number of ether oxygens (including phenoxy) is 1. The van der Waals surface area contributed by atoms with Crippen LogP contribution in [0.2, 0.25) is 0 Å². The second-order valence-electron chi connectivity index (χ2n) is 8.72. The molecule has 1 atom stereocenters. The summed E-state index contributed by atoms with van der Waals surface area (Å²) in [6.07, 6.45) is 6.13. The zero-order valence-corrected chi connectivity index (χ0v) is 18.0. The second-order valence-corrected chi connectivity index (χ2v) is 8.72. The number of nitrogens with zero attached hydrogens (tertiary/aromatic N) is 3. The number of amidine groups is 1. The summed E-state index contributed by atoms with van der Waals surface area (Å²) in [6, 6.07) is 7.60. The molecule has 1 aromatic carbocycles. The van der Waals surface area contributed by atoms with E-state index in [0.29, 0.717) is 31.5 Å². The van der Waals surface area contributed by atoms with E-state index in [0.717, 1.165) is 36.9 Å². The van der Waals surface area contributed by atoms with E-state index >= 15 is 0 Å². The molecule has 168 valence electrons. The van der Waals surface area contributed by atoms with Crippen molar-refractivity contribution >= 4 is 29.4 Å². The topological polar surface area (TPSA) is 145 Å². The summed E-state index contributed by atoms with van der Waals surface area (Å²) in [5.41, 5.74) is 7.92. The van der Waals surface area contributed by atoms with E-state index in [1.165, 1.54) is 6.42 Å². The summed E-state index contributed by atoms with van der Waals surface area (Å²) in [4.78, 5) is 29.9. The molecule has 2 heterocycles. The van der Waals surface area contributed by atoms with Gasteiger partial charge in [-0.2, -0.15) is 5.26 Å². The van der Waals surface area contributed by atoms with Crippen LogP contribution in [-0.2, 0) is 14.3 Å². The third-order valence-electron chi connectivity index (χ3n) is 6.49. The SMILES string of the molecule is N#Cc1cc(C2CCC(=O)NC2=O)ccc1N1CC(N=C(N)OC(=N)C2CCCCC2)C1. The molecule has 2 saturated heterocycles. The normalized spacial score (nSPS) is 22.7. The molecule has 0 radical (unpaired) electrons. The van der Waals surface area contributed by atoms with Crippen molar-refractivity contribution in [2.45, 2.75) is 56.9 Å². The van der Waals surface area contributed by atoms with Gasteiger partial charge in [0.1, 0.15) is 6.07 Å². The molecule has 4 N–H and O–H groups in total. The number of benzene rings is 1. The lowest BCUT2D eigenvalue weighted by Gasteiger charge is -2.39. The highest BCUT2D eigenvalue weighted by Gasteiger charge is 2.32. The van der Waals surface area contributed by atoms with Gasteiger partial charge in [0.05, 0.1) is 23.2 Å². The van der Waals surface area contributed by atoms with E-state index in [9.17, 15) is 14.9 Å². The summed E-state index contributed by atoms with van der Waals surface area (Å²) in [5, 5.41) is 20.1. The first-order valence-corrected chi connectivity index (χ1v) is 11.2. The van der Waals surface area contributed by atoms with Crippen LogP contribution >= 0.6 is 0 Å². The number of carbonyl (C=O) groups is 2. The monoisotopic (exact) mass is 436 g/mol. The van der Waals surface area contributed by atoms with Crippen molar-refractivity contribution < 1.29 is 14.3 Å². The second kappa shape index (κ2) is 9.39. The van der Waals surface area contributed by atoms with Crippen molar-refractivity contribution in [3.63, 3.8) is 0 Å². The molecule has 1 unspecified atom stereocenters. The Labute approximate surface area is 187 Å². The van der Waals surface area contributed by atoms with Crippen LogP contribution in [-0.4, -0.2) is 42.9 Å². The van der Waals surface area contributed by atoms with Crippen LogP contribution < -0.4 is 16.0 Å². The van der Waals surface area contributed by atoms with Crippen molar-refractivity contribution in [2.24, 2.45) is 16.6 Å². The molecule has 2 aliphatic heterocycles. The molecule has 1 aliphatic carbocycles. The molecular weight excluding hydrogens is 408 g/mol. The number of carbonyl (C=O) groups excluding carboxylic acids is 2. The standard InChI is InChI=1S/C23H28N6O3/c24-11-16-10-15(18-7-9-20(30)28-22(18)31)6-8-19(16)29-12-17(13-29)27-23(26)32-21(25)14-4-2-1-3-5-14/h6,8,10,14,17-18,25H,1-5,7,9,12-13H2,(H2,26,27)(H,28,30,31). The molecule has 0 bridgehead atoms. The van der Waals surface area contributed by atoms with E-state index in [2.05, 4.69) is 16.4 Å². The average molecular weight is 437 g/mol. The Morgan fingerprint density at radius 1 is 1.22 bits per heavy atom. The molecule has 4 rings (SSSR count). The maximum Gasteiger partial charge on any atom is 0.288 e. The highest BCUT2D eigenvalue weighted by Crippen LogP contribution is 2.32. The molecule has 9 heteroatoms. The van der Waals surface area contributed by atoms with E-state index in [-0.39, 0.29) is 35.7 Å². The molecule has 1 saturated carbocycles. The number of aliphatic imine (C=N–C) groups is 1. The van der Waals surface area contributed by atoms with Crippen LogP contribution in [0, 0.1) is 22.7 Å². The van der Waals surface area contributed by atoms with Crippen molar-refractivity contribution in [3.05, 3.63) is 29.3 Å². The van der Waals surface area contributed by atoms with Crippen LogP contribution in [0.4, 0.5) is 5.69 Å². The van der Waals surface area contributed by atoms with E-state index in [1.54, 1.807) is 6.07 Å². The molecule has 1 aromatic rings. The number of hydrogen-bond donors (Lipinski definition) is 3. The number of anilines is 1. The number of imide groups is 1. The van der Waals surface area contributed by atoms with Crippen molar-refractivity contribution in [1.82, 2.24) is 5.32 Å². The predicted molar refractivity (Wildman–Crippen MR) is 119 cm³/mol. The molecule has 0 aromatic heterocycles. The minimum atomic E-state index is -0.418. The number of nitriles is 1. The van der Waals surface area contributed by atoms with Crippen molar-refractivity contribution in [2.75, 3.05) is 18.0 Å². The van der Waals surface area contributed by atoms with Gasteiger partial charge < -0.3 is 15.4 Å². The van der Waals surface area contributed by atoms with E-state index in [4.69, 9.17) is 15.9 Å². The fourth-order valence-corrected chi connectivity index (χ4v) is 4.65. The summed E-state index contributed by atoms with van der Waals surface area (Å²) in [7, 11) is 0. The smallest absolute Gasteiger partial charge is 0.288 e. The maximum absolute atomic E-state index is 12.1. The maximum atomic E-state index is 12.1. The number of piperidine rings is 1. The first kappa shape index (κ1) is 21.8. The highest BCUT2D eigenvalue weighted by molar-refractivity contribution is 6.01. The molecule has 3 fully saturated rings. The summed E-state index contributed by atoms with van der Waals surface area (Å²) in [5.74, 6) is -0.647. The number of nitrogens with two attached hydrogens (primary N) is 1. The average Bonchev–Trinajstić information content (AvgIpc) is 2.76. The van der Waals surface area contributed by atoms with Gasteiger partial charge in [0.15, 0.2) is 5.90 Å². The third-order valence-corrected chi connectivity index (χ3v) is 6.49. The number of amides is 2. The number of rotatable bonds is 4. The van der Waals surface area contributed by atoms with Gasteiger partial charge in [-0.05, 0) is 37.0 Å². The van der Waals surface area contributed by atoms with Crippen LogP contribution in [0.5, 0.6) is 0 Å². The molecule has 3 aliphatic rings. The molecule has 2 amide bonds. The molecule has 9 nitrogen and oxygen atoms in total. The Bertz CT molecular complexity index is 986. The third kappa shape index (κ3) is 4.74. The van der Waals surface area contributed by atoms with E-state index < -0.39 is 5.92 Å². The zero-order chi connectivity index (χ0) is 22.7. The van der Waals surface area contributed by atoms with Crippen LogP contribution in [0.1, 0.15) is 62.0 Å². The van der Waals surface area contributed by atoms with Crippen molar-refractivity contribution in [3.8, 4) is 6.07 Å². The van der Waals surface area contributed by atoms with Gasteiger partial charge in [-0.25, -0.2) is 4.99 Å². The lowest BCUT2D eigenvalue weighted by Crippen LogP contribution is -2.51. The number of hydrogen-bond acceptors (Lipinski definition) is 7. The van der Waals surface area contributed by atoms with Crippen LogP contribution in [0.25, 0.3) is 0 Å². The van der Waals surface area contributed by atoms with Gasteiger partial charge in [0, 0.05) is 25.4 Å². The predicted octanol–water partition coefficient (Wildman–Crippen LogP) is 2.16. The largest absolute Gasteiger partial charge is 0.412 e. The van der Waals surface area contributed by atoms with E-state index in [1.807, 2.05) is 17.0 Å². The first-order chi connectivity index (χ1) is 15.4. The van der Waals surface area contributed by atoms with Crippen LogP contribution in [0.3, 0.4) is 0 Å². The minimum Gasteiger partial charge on any atom is -0.412 e. The quantitative estimate of drug-likeness (QED) is 0.375. The number of nitrogens with one attached hydrogen (secondary N) is 2. The lowest BCUT2D eigenvalue weighted by molar-refractivity contribution is -0.134. The minimum absolute atomic E-state index is 0.0268. The fraction of sp³-hybridized carbons (Fsp3) is 0.522. The Morgan fingerprint density at radius 3 is 2.66 bits per heavy atom. The Hall–Kier alpha value is -3.41. The van der Waals surface area contributed by atoms with Gasteiger partial charge >= 0.3 is 0 Å². The van der Waals surface area contributed by atoms with Gasteiger partial charge in [-0.3, -0.25) is 20.3 Å². The Morgan fingerprint density at radius 2 is 1.97 bits per heavy atom. The van der Waals surface area contributed by atoms with Gasteiger partial charge in [0.25, 0.3) is 6.02 Å². The Kier molecular flexibility index (Phi) is 6.40. The fourth-order valence-electron chi connectivity index (χ4n) is 4.65. The first-order valence-electron chi connectivity index (χ1n) is 11.2. The van der Waals surface area contributed by atoms with Gasteiger partial charge in [-0.1, -0.05) is 25.3 Å². The Balaban J connectivity index is 1.35. The summed E-state index contributed by atoms with van der Waals surface area (Å²) >= 11 is 0. The molecule has 0 spiro atoms. The highest BCUT2D eigenvalue weighted by atomic mass is 16.5. The summed E-state index contributed by atoms with van der Waals surface area (Å²) in [6.45, 7) is 1.18. The molecule has 32 heavy (non-hydrogen) atoms. The van der Waals surface area contributed by atoms with Crippen molar-refractivity contribution in [1.29, 1.82) is 10.7 Å². The summed E-state index contributed by atoms with van der Waals surface area (Å²) < 4.78 is 5.46. The van der Waals surface area contributed by atoms with Crippen LogP contribution in [0.15, 0.2) is 23.2 Å². The molecular formula is C23H28N6O3. The lowest BCUT2D eigenvalue weighted by atomic mass is 9.89. The van der Waals surface area contributed by atoms with Gasteiger partial charge in [-0.15, -0.1) is 0 Å². The zero-order valence-electron chi connectivity index (χ0n) is 18.0. The van der Waals surface area contributed by atoms with Gasteiger partial charge in [0.2, 0.25) is 11.8 Å².